The maximum absolute atomic E-state index is 13.7. The molecule has 1 heterocycles. The fraction of sp³-hybridized carbons (Fsp3) is 0.154. The topological polar surface area (TPSA) is 38.9 Å². The van der Waals surface area contributed by atoms with Crippen LogP contribution in [0.25, 0.3) is 0 Å². The molecule has 5 heteroatoms. The molecule has 2 nitrogen and oxygen atoms in total. The van der Waals surface area contributed by atoms with Gasteiger partial charge in [-0.3, -0.25) is 0 Å². The molecular weight excluding hydrogens is 271 g/mol. The largest absolute Gasteiger partial charge is 0.330 e. The van der Waals surface area contributed by atoms with Crippen molar-refractivity contribution in [2.45, 2.75) is 16.3 Å². The lowest BCUT2D eigenvalue weighted by Crippen LogP contribution is -2.05. The fourth-order valence-electron chi connectivity index (χ4n) is 1.57. The van der Waals surface area contributed by atoms with Crippen LogP contribution >= 0.6 is 23.4 Å². The Bertz CT molecular complexity index is 548. The van der Waals surface area contributed by atoms with E-state index in [9.17, 15) is 4.39 Å². The first-order chi connectivity index (χ1) is 8.72. The van der Waals surface area contributed by atoms with Crippen LogP contribution in [0.2, 0.25) is 5.02 Å². The van der Waals surface area contributed by atoms with Gasteiger partial charge >= 0.3 is 0 Å². The number of hydrogen-bond donors (Lipinski definition) is 1. The molecule has 0 bridgehead atoms. The first kappa shape index (κ1) is 13.3. The number of benzene rings is 1. The molecule has 0 fully saturated rings. The van der Waals surface area contributed by atoms with Crippen LogP contribution in [0.4, 0.5) is 4.39 Å². The van der Waals surface area contributed by atoms with Gasteiger partial charge in [-0.05, 0) is 37.2 Å². The summed E-state index contributed by atoms with van der Waals surface area (Å²) in [6, 6.07) is 8.49. The van der Waals surface area contributed by atoms with Crippen molar-refractivity contribution in [3.63, 3.8) is 0 Å². The number of nitrogens with two attached hydrogens (primary N) is 1. The molecule has 1 aromatic carbocycles. The second-order valence-electron chi connectivity index (χ2n) is 3.65. The van der Waals surface area contributed by atoms with E-state index in [-0.39, 0.29) is 5.82 Å². The highest BCUT2D eigenvalue weighted by atomic mass is 35.5. The highest BCUT2D eigenvalue weighted by Gasteiger charge is 2.11. The second kappa shape index (κ2) is 6.18. The van der Waals surface area contributed by atoms with Gasteiger partial charge in [0.15, 0.2) is 0 Å². The van der Waals surface area contributed by atoms with Gasteiger partial charge in [0.25, 0.3) is 0 Å². The molecule has 0 atom stereocenters. The third-order valence-corrected chi connectivity index (χ3v) is 3.94. The van der Waals surface area contributed by atoms with E-state index < -0.39 is 0 Å². The van der Waals surface area contributed by atoms with Gasteiger partial charge in [-0.2, -0.15) is 0 Å². The number of nitrogens with zero attached hydrogens (tertiary/aromatic N) is 1. The summed E-state index contributed by atoms with van der Waals surface area (Å²) >= 11 is 7.40. The first-order valence-electron chi connectivity index (χ1n) is 5.48. The minimum Gasteiger partial charge on any atom is -0.330 e. The molecule has 0 amide bonds. The van der Waals surface area contributed by atoms with Crippen LogP contribution in [0.1, 0.15) is 5.56 Å². The molecule has 2 N–H and O–H groups in total. The molecule has 2 aromatic rings. The van der Waals surface area contributed by atoms with E-state index in [2.05, 4.69) is 4.98 Å². The van der Waals surface area contributed by atoms with Crippen LogP contribution in [0.5, 0.6) is 0 Å². The molecule has 1 aromatic heterocycles. The summed E-state index contributed by atoms with van der Waals surface area (Å²) in [6.45, 7) is 0.407. The number of hydrogen-bond acceptors (Lipinski definition) is 3. The molecule has 0 aliphatic carbocycles. The van der Waals surface area contributed by atoms with E-state index in [0.29, 0.717) is 28.6 Å². The fourth-order valence-corrected chi connectivity index (χ4v) is 2.77. The average molecular weight is 283 g/mol. The maximum Gasteiger partial charge on any atom is 0.127 e. The highest BCUT2D eigenvalue weighted by molar-refractivity contribution is 7.99. The predicted octanol–water partition coefficient (Wildman–Crippen LogP) is 3.53. The summed E-state index contributed by atoms with van der Waals surface area (Å²) < 4.78 is 13.7. The number of rotatable bonds is 4. The van der Waals surface area contributed by atoms with Crippen LogP contribution in [0, 0.1) is 5.82 Å². The minimum atomic E-state index is -0.238. The second-order valence-corrected chi connectivity index (χ2v) is 5.09. The molecule has 0 aliphatic heterocycles. The average Bonchev–Trinajstić information content (AvgIpc) is 2.36. The predicted molar refractivity (Wildman–Crippen MR) is 72.5 cm³/mol. The van der Waals surface area contributed by atoms with Crippen molar-refractivity contribution in [3.8, 4) is 0 Å². The maximum atomic E-state index is 13.7. The van der Waals surface area contributed by atoms with Crippen molar-refractivity contribution in [2.24, 2.45) is 5.73 Å². The summed E-state index contributed by atoms with van der Waals surface area (Å²) in [4.78, 5) is 4.99. The first-order valence-corrected chi connectivity index (χ1v) is 6.67. The van der Waals surface area contributed by atoms with Crippen molar-refractivity contribution in [2.75, 3.05) is 6.54 Å². The van der Waals surface area contributed by atoms with Crippen LogP contribution in [0.3, 0.4) is 0 Å². The molecule has 0 aliphatic rings. The van der Waals surface area contributed by atoms with Gasteiger partial charge < -0.3 is 5.73 Å². The lowest BCUT2D eigenvalue weighted by atomic mass is 10.1. The third kappa shape index (κ3) is 3.02. The molecular formula is C13H12ClFN2S. The smallest absolute Gasteiger partial charge is 0.127 e. The van der Waals surface area contributed by atoms with Crippen LogP contribution in [0.15, 0.2) is 46.5 Å². The molecule has 94 valence electrons. The molecule has 0 unspecified atom stereocenters. The Labute approximate surface area is 114 Å². The monoisotopic (exact) mass is 282 g/mol. The Morgan fingerprint density at radius 3 is 2.83 bits per heavy atom. The van der Waals surface area contributed by atoms with Gasteiger partial charge in [0, 0.05) is 16.7 Å². The molecule has 0 saturated heterocycles. The molecule has 0 spiro atoms. The summed E-state index contributed by atoms with van der Waals surface area (Å²) in [5.74, 6) is -0.238. The normalized spacial score (nSPS) is 10.6. The highest BCUT2D eigenvalue weighted by Crippen LogP contribution is 2.34. The zero-order chi connectivity index (χ0) is 13.0. The Balaban J connectivity index is 2.34. The van der Waals surface area contributed by atoms with Gasteiger partial charge in [-0.15, -0.1) is 0 Å². The molecule has 18 heavy (non-hydrogen) atoms. The molecule has 0 saturated carbocycles. The van der Waals surface area contributed by atoms with Crippen molar-refractivity contribution in [3.05, 3.63) is 52.9 Å². The lowest BCUT2D eigenvalue weighted by Gasteiger charge is -2.09. The Morgan fingerprint density at radius 2 is 2.11 bits per heavy atom. The quantitative estimate of drug-likeness (QED) is 0.932. The van der Waals surface area contributed by atoms with Crippen molar-refractivity contribution < 1.29 is 4.39 Å². The standard InChI is InChI=1S/C13H12ClFN2S/c14-10-3-2-8-17-13(10)18-12-5-1-4-11(15)9(12)6-7-16/h1-5,8H,6-7,16H2. The Morgan fingerprint density at radius 1 is 1.28 bits per heavy atom. The van der Waals surface area contributed by atoms with E-state index >= 15 is 0 Å². The van der Waals surface area contributed by atoms with Gasteiger partial charge in [0.1, 0.15) is 10.8 Å². The van der Waals surface area contributed by atoms with Crippen molar-refractivity contribution in [1.82, 2.24) is 4.98 Å². The Hall–Kier alpha value is -1.10. The summed E-state index contributed by atoms with van der Waals surface area (Å²) in [5, 5.41) is 1.23. The lowest BCUT2D eigenvalue weighted by molar-refractivity contribution is 0.603. The van der Waals surface area contributed by atoms with Gasteiger partial charge in [0.2, 0.25) is 0 Å². The Kier molecular flexibility index (Phi) is 4.58. The number of halogens is 2. The molecule has 2 rings (SSSR count). The summed E-state index contributed by atoms with van der Waals surface area (Å²) in [6.07, 6.45) is 2.16. The zero-order valence-electron chi connectivity index (χ0n) is 9.57. The van der Waals surface area contributed by atoms with E-state index in [1.165, 1.54) is 17.8 Å². The van der Waals surface area contributed by atoms with E-state index in [4.69, 9.17) is 17.3 Å². The van der Waals surface area contributed by atoms with Crippen molar-refractivity contribution >= 4 is 23.4 Å². The van der Waals surface area contributed by atoms with E-state index in [1.54, 1.807) is 24.4 Å². The van der Waals surface area contributed by atoms with E-state index in [1.807, 2.05) is 6.07 Å². The van der Waals surface area contributed by atoms with Crippen LogP contribution < -0.4 is 5.73 Å². The van der Waals surface area contributed by atoms with Crippen LogP contribution in [-0.2, 0) is 6.42 Å². The van der Waals surface area contributed by atoms with E-state index in [0.717, 1.165) is 4.90 Å². The summed E-state index contributed by atoms with van der Waals surface area (Å²) in [5.41, 5.74) is 6.12. The zero-order valence-corrected chi connectivity index (χ0v) is 11.1. The number of aromatic nitrogens is 1. The minimum absolute atomic E-state index is 0.238. The van der Waals surface area contributed by atoms with Gasteiger partial charge in [-0.25, -0.2) is 9.37 Å². The number of pyridine rings is 1. The van der Waals surface area contributed by atoms with Crippen molar-refractivity contribution in [1.29, 1.82) is 0 Å². The summed E-state index contributed by atoms with van der Waals surface area (Å²) in [7, 11) is 0. The molecule has 0 radical (unpaired) electrons. The third-order valence-electron chi connectivity index (χ3n) is 2.40. The van der Waals surface area contributed by atoms with Gasteiger partial charge in [-0.1, -0.05) is 29.4 Å². The van der Waals surface area contributed by atoms with Gasteiger partial charge in [0.05, 0.1) is 5.02 Å². The van der Waals surface area contributed by atoms with Crippen LogP contribution in [-0.4, -0.2) is 11.5 Å². The SMILES string of the molecule is NCCc1c(F)cccc1Sc1ncccc1Cl.